The Balaban J connectivity index is 2.11. The Hall–Kier alpha value is -7.86. The molecule has 12 heteroatoms. The Morgan fingerprint density at radius 3 is 0.722 bits per heavy atom. The Morgan fingerprint density at radius 1 is 0.291 bits per heavy atom. The third kappa shape index (κ3) is 18.1. The molecule has 1 aliphatic rings. The van der Waals surface area contributed by atoms with E-state index in [1.54, 1.807) is 161 Å². The van der Waals surface area contributed by atoms with Gasteiger partial charge in [0, 0.05) is 36.5 Å². The molecule has 12 nitrogen and oxygen atoms in total. The van der Waals surface area contributed by atoms with Gasteiger partial charge in [-0.3, -0.25) is 0 Å². The van der Waals surface area contributed by atoms with Crippen molar-refractivity contribution in [2.45, 2.75) is 164 Å². The molecule has 0 bridgehead atoms. The fourth-order valence-corrected chi connectivity index (χ4v) is 8.73. The van der Waals surface area contributed by atoms with Crippen molar-refractivity contribution < 1.29 is 57.2 Å². The zero-order valence-electron chi connectivity index (χ0n) is 49.3. The average Bonchev–Trinajstić information content (AvgIpc) is 3.73. The summed E-state index contributed by atoms with van der Waals surface area (Å²) in [5.74, 6) is -3.74. The molecule has 0 N–H and O–H groups in total. The Kier molecular flexibility index (Phi) is 18.8. The Bertz CT molecular complexity index is 2950. The minimum absolute atomic E-state index is 0.460. The highest BCUT2D eigenvalue weighted by molar-refractivity contribution is 5.97. The summed E-state index contributed by atoms with van der Waals surface area (Å²) in [6, 6.07) is 23.2. The molecular weight excluding hydrogens is 997 g/mol. The molecule has 0 spiro atoms. The summed E-state index contributed by atoms with van der Waals surface area (Å²) in [6.07, 6.45) is 17.6. The fourth-order valence-electron chi connectivity index (χ4n) is 8.73. The second-order valence-electron chi connectivity index (χ2n) is 25.2. The predicted molar refractivity (Wildman–Crippen MR) is 313 cm³/mol. The van der Waals surface area contributed by atoms with Crippen LogP contribution in [0.3, 0.4) is 0 Å². The second-order valence-corrected chi connectivity index (χ2v) is 25.2. The number of benzene rings is 4. The molecule has 0 amide bonds. The van der Waals surface area contributed by atoms with E-state index in [4.69, 9.17) is 28.4 Å². The second kappa shape index (κ2) is 24.0. The van der Waals surface area contributed by atoms with E-state index in [0.29, 0.717) is 44.5 Å². The summed E-state index contributed by atoms with van der Waals surface area (Å²) < 4.78 is 34.4. The number of hydrogen-bond donors (Lipinski definition) is 0. The number of fused-ring (bicyclic) bond motifs is 3. The first-order valence-electron chi connectivity index (χ1n) is 26.4. The summed E-state index contributed by atoms with van der Waals surface area (Å²) in [4.78, 5) is 81.5. The third-order valence-corrected chi connectivity index (χ3v) is 11.1. The van der Waals surface area contributed by atoms with E-state index in [0.717, 1.165) is 22.3 Å². The molecule has 0 unspecified atom stereocenters. The quantitative estimate of drug-likeness (QED) is 0.0590. The van der Waals surface area contributed by atoms with Gasteiger partial charge in [-0.2, -0.15) is 0 Å². The minimum atomic E-state index is -1.40. The summed E-state index contributed by atoms with van der Waals surface area (Å²) in [6.45, 7) is 31.8. The number of rotatable bonds is 14. The lowest BCUT2D eigenvalue weighted by Crippen LogP contribution is -2.31. The van der Waals surface area contributed by atoms with Crippen LogP contribution in [-0.4, -0.2) is 69.4 Å². The first kappa shape index (κ1) is 62.0. The fraction of sp³-hybridized carbons (Fsp3) is 0.373. The van der Waals surface area contributed by atoms with Crippen LogP contribution in [0.5, 0.6) is 0 Å². The summed E-state index contributed by atoms with van der Waals surface area (Å²) >= 11 is 0. The van der Waals surface area contributed by atoms with E-state index in [1.165, 1.54) is 36.5 Å². The van der Waals surface area contributed by atoms with Gasteiger partial charge in [0.2, 0.25) is 0 Å². The highest BCUT2D eigenvalue weighted by Crippen LogP contribution is 2.58. The van der Waals surface area contributed by atoms with Crippen molar-refractivity contribution in [2.75, 3.05) is 0 Å². The van der Waals surface area contributed by atoms with Crippen LogP contribution in [0.1, 0.15) is 180 Å². The first-order valence-corrected chi connectivity index (χ1v) is 26.4. The van der Waals surface area contributed by atoms with Gasteiger partial charge in [0.15, 0.2) is 0 Å². The predicted octanol–water partition coefficient (Wildman–Crippen LogP) is 14.2. The molecule has 0 atom stereocenters. The van der Waals surface area contributed by atoms with Gasteiger partial charge in [0.25, 0.3) is 0 Å². The van der Waals surface area contributed by atoms with E-state index < -0.39 is 74.8 Å². The van der Waals surface area contributed by atoms with Crippen molar-refractivity contribution in [3.05, 3.63) is 165 Å². The van der Waals surface area contributed by atoms with Crippen LogP contribution in [-0.2, 0) is 62.6 Å². The molecule has 0 saturated heterocycles. The third-order valence-electron chi connectivity index (χ3n) is 11.1. The molecule has 4 aromatic carbocycles. The van der Waals surface area contributed by atoms with Crippen LogP contribution >= 0.6 is 0 Å². The average molecular weight is 1080 g/mol. The standard InChI is InChI=1S/C67H78O12/c1-61(2,3)74-55(68)33-27-43-39-47(31-37-59(72)78-65(13,14)15)53(41-45(43)29-35-57(70)76-63(7,8)9)67(51-25-21-19-23-49(51)50-24-20-22-26-52(50)67)54-42-46(30-36-58(71)77-64(10,11)12)44(28-34-56(69)75-62(4,5)6)40-48(54)32-38-60(73)79-66(16,17)18/h19-42H,1-18H3. The molecular formula is C67H78O12. The Morgan fingerprint density at radius 2 is 0.494 bits per heavy atom. The molecule has 418 valence electrons. The van der Waals surface area contributed by atoms with Crippen molar-refractivity contribution in [1.82, 2.24) is 0 Å². The van der Waals surface area contributed by atoms with E-state index in [2.05, 4.69) is 0 Å². The maximum atomic E-state index is 13.8. The monoisotopic (exact) mass is 1070 g/mol. The van der Waals surface area contributed by atoms with Gasteiger partial charge >= 0.3 is 35.8 Å². The van der Waals surface area contributed by atoms with Crippen molar-refractivity contribution in [3.63, 3.8) is 0 Å². The van der Waals surface area contributed by atoms with Crippen LogP contribution < -0.4 is 0 Å². The lowest BCUT2D eigenvalue weighted by Gasteiger charge is -2.37. The molecule has 5 rings (SSSR count). The molecule has 0 radical (unpaired) electrons. The van der Waals surface area contributed by atoms with Gasteiger partial charge < -0.3 is 28.4 Å². The van der Waals surface area contributed by atoms with Gasteiger partial charge in [0.1, 0.15) is 33.6 Å². The molecule has 1 aliphatic carbocycles. The first-order chi connectivity index (χ1) is 36.3. The summed E-state index contributed by atoms with van der Waals surface area (Å²) in [5.41, 5.74) is 0.916. The van der Waals surface area contributed by atoms with Gasteiger partial charge in [-0.15, -0.1) is 0 Å². The van der Waals surface area contributed by atoms with E-state index in [1.807, 2.05) is 72.8 Å². The van der Waals surface area contributed by atoms with E-state index in [-0.39, 0.29) is 0 Å². The normalized spacial score (nSPS) is 14.1. The number of carbonyl (C=O) groups excluding carboxylic acids is 6. The smallest absolute Gasteiger partial charge is 0.331 e. The Labute approximate surface area is 467 Å². The van der Waals surface area contributed by atoms with Crippen molar-refractivity contribution in [1.29, 1.82) is 0 Å². The van der Waals surface area contributed by atoms with E-state index in [9.17, 15) is 28.8 Å². The van der Waals surface area contributed by atoms with Crippen molar-refractivity contribution >= 4 is 72.3 Å². The summed E-state index contributed by atoms with van der Waals surface area (Å²) in [5, 5.41) is 0. The van der Waals surface area contributed by atoms with Gasteiger partial charge in [-0.25, -0.2) is 28.8 Å². The van der Waals surface area contributed by atoms with Crippen LogP contribution in [0.2, 0.25) is 0 Å². The zero-order valence-corrected chi connectivity index (χ0v) is 49.3. The van der Waals surface area contributed by atoms with Gasteiger partial charge in [-0.05, 0) is 252 Å². The minimum Gasteiger partial charge on any atom is -0.457 e. The lowest BCUT2D eigenvalue weighted by molar-refractivity contribution is -0.149. The van der Waals surface area contributed by atoms with Gasteiger partial charge in [0.05, 0.1) is 5.41 Å². The lowest BCUT2D eigenvalue weighted by atomic mass is 9.64. The molecule has 4 aromatic rings. The SMILES string of the molecule is CC(C)(C)OC(=O)C=Cc1cc(C=CC(=O)OC(C)(C)C)c(C2(c3cc(C=CC(=O)OC(C)(C)C)c(C=CC(=O)OC(C)(C)C)cc3C=CC(=O)OC(C)(C)C)c3ccccc3-c3ccccc32)cc1C=CC(=O)OC(C)(C)C. The maximum Gasteiger partial charge on any atom is 0.331 e. The topological polar surface area (TPSA) is 158 Å². The molecule has 0 heterocycles. The largest absolute Gasteiger partial charge is 0.457 e. The van der Waals surface area contributed by atoms with Crippen LogP contribution in [0, 0.1) is 0 Å². The summed E-state index contributed by atoms with van der Waals surface area (Å²) in [7, 11) is 0. The number of esters is 6. The van der Waals surface area contributed by atoms with Crippen LogP contribution in [0.15, 0.2) is 109 Å². The number of carbonyl (C=O) groups is 6. The molecule has 0 aromatic heterocycles. The van der Waals surface area contributed by atoms with Crippen molar-refractivity contribution in [3.8, 4) is 11.1 Å². The molecule has 0 saturated carbocycles. The van der Waals surface area contributed by atoms with Gasteiger partial charge in [-0.1, -0.05) is 48.5 Å². The molecule has 0 fully saturated rings. The molecule has 79 heavy (non-hydrogen) atoms. The van der Waals surface area contributed by atoms with Crippen LogP contribution in [0.4, 0.5) is 0 Å². The van der Waals surface area contributed by atoms with Crippen LogP contribution in [0.25, 0.3) is 47.6 Å². The number of ether oxygens (including phenoxy) is 6. The number of hydrogen-bond acceptors (Lipinski definition) is 12. The van der Waals surface area contributed by atoms with Crippen molar-refractivity contribution in [2.24, 2.45) is 0 Å². The van der Waals surface area contributed by atoms with E-state index >= 15 is 0 Å². The highest BCUT2D eigenvalue weighted by Gasteiger charge is 2.48. The maximum absolute atomic E-state index is 13.8. The molecule has 0 aliphatic heterocycles. The highest BCUT2D eigenvalue weighted by atomic mass is 16.6. The zero-order chi connectivity index (χ0) is 59.1.